The monoisotopic (exact) mass is 471 g/mol. The second kappa shape index (κ2) is 11.4. The number of halogens is 1. The molecule has 0 aliphatic carbocycles. The summed E-state index contributed by atoms with van der Waals surface area (Å²) in [5.41, 5.74) is 2.61. The van der Waals surface area contributed by atoms with E-state index >= 15 is 0 Å². The zero-order valence-electron chi connectivity index (χ0n) is 18.7. The summed E-state index contributed by atoms with van der Waals surface area (Å²) < 4.78 is 0. The van der Waals surface area contributed by atoms with Crippen molar-refractivity contribution >= 4 is 34.2 Å². The molecule has 4 aromatic rings. The van der Waals surface area contributed by atoms with Crippen LogP contribution in [0.25, 0.3) is 10.8 Å². The van der Waals surface area contributed by atoms with Crippen LogP contribution < -0.4 is 10.6 Å². The predicted octanol–water partition coefficient (Wildman–Crippen LogP) is 4.98. The SMILES string of the molecule is O=C(N[C@@H](Cc1ccc(Cl)cc1)C(=O)NCCCc1ccncc1)c1ccc2ccccc2c1. The molecule has 34 heavy (non-hydrogen) atoms. The molecule has 2 N–H and O–H groups in total. The van der Waals surface area contributed by atoms with Gasteiger partial charge in [-0.05, 0) is 71.1 Å². The van der Waals surface area contributed by atoms with Gasteiger partial charge in [0.05, 0.1) is 0 Å². The molecule has 5 nitrogen and oxygen atoms in total. The molecule has 172 valence electrons. The Morgan fingerprint density at radius 1 is 0.853 bits per heavy atom. The smallest absolute Gasteiger partial charge is 0.251 e. The lowest BCUT2D eigenvalue weighted by atomic mass is 10.0. The van der Waals surface area contributed by atoms with Gasteiger partial charge in [0.25, 0.3) is 5.91 Å². The topological polar surface area (TPSA) is 71.1 Å². The summed E-state index contributed by atoms with van der Waals surface area (Å²) in [4.78, 5) is 30.1. The van der Waals surface area contributed by atoms with Gasteiger partial charge in [-0.1, -0.05) is 54.1 Å². The Kier molecular flexibility index (Phi) is 7.89. The fraction of sp³-hybridized carbons (Fsp3) is 0.179. The Labute approximate surface area is 204 Å². The second-order valence-electron chi connectivity index (χ2n) is 8.17. The fourth-order valence-electron chi connectivity index (χ4n) is 3.81. The van der Waals surface area contributed by atoms with Crippen molar-refractivity contribution in [3.63, 3.8) is 0 Å². The molecule has 0 bridgehead atoms. The molecule has 0 fully saturated rings. The highest BCUT2D eigenvalue weighted by Crippen LogP contribution is 2.16. The number of aromatic nitrogens is 1. The van der Waals surface area contributed by atoms with Crippen LogP contribution in [0.5, 0.6) is 0 Å². The normalized spacial score (nSPS) is 11.7. The molecule has 2 amide bonds. The Balaban J connectivity index is 1.43. The number of aryl methyl sites for hydroxylation is 1. The van der Waals surface area contributed by atoms with E-state index in [0.717, 1.165) is 29.2 Å². The molecule has 1 atom stereocenters. The van der Waals surface area contributed by atoms with E-state index in [0.29, 0.717) is 23.6 Å². The van der Waals surface area contributed by atoms with E-state index in [1.54, 1.807) is 30.6 Å². The van der Waals surface area contributed by atoms with Crippen LogP contribution in [0.1, 0.15) is 27.9 Å². The number of nitrogens with one attached hydrogen (secondary N) is 2. The lowest BCUT2D eigenvalue weighted by Gasteiger charge is -2.19. The van der Waals surface area contributed by atoms with Gasteiger partial charge in [-0.3, -0.25) is 14.6 Å². The molecule has 0 aliphatic heterocycles. The number of hydrogen-bond donors (Lipinski definition) is 2. The number of benzene rings is 3. The number of nitrogens with zero attached hydrogens (tertiary/aromatic N) is 1. The number of pyridine rings is 1. The molecule has 4 rings (SSSR count). The van der Waals surface area contributed by atoms with Crippen LogP contribution in [0.4, 0.5) is 0 Å². The molecule has 3 aromatic carbocycles. The molecule has 0 radical (unpaired) electrons. The Hall–Kier alpha value is -3.70. The van der Waals surface area contributed by atoms with Crippen molar-refractivity contribution in [3.05, 3.63) is 113 Å². The van der Waals surface area contributed by atoms with E-state index in [9.17, 15) is 9.59 Å². The number of fused-ring (bicyclic) bond motifs is 1. The van der Waals surface area contributed by atoms with Gasteiger partial charge in [-0.25, -0.2) is 0 Å². The highest BCUT2D eigenvalue weighted by Gasteiger charge is 2.22. The minimum atomic E-state index is -0.707. The van der Waals surface area contributed by atoms with Crippen LogP contribution >= 0.6 is 11.6 Å². The quantitative estimate of drug-likeness (QED) is 0.338. The van der Waals surface area contributed by atoms with Gasteiger partial charge in [-0.2, -0.15) is 0 Å². The lowest BCUT2D eigenvalue weighted by molar-refractivity contribution is -0.122. The molecule has 0 saturated heterocycles. The zero-order chi connectivity index (χ0) is 23.8. The number of carbonyl (C=O) groups excluding carboxylic acids is 2. The third kappa shape index (κ3) is 6.42. The Morgan fingerprint density at radius 2 is 1.59 bits per heavy atom. The van der Waals surface area contributed by atoms with Crippen molar-refractivity contribution in [2.24, 2.45) is 0 Å². The standard InChI is InChI=1S/C28H26ClN3O2/c29-25-11-7-21(8-12-25)18-26(28(34)31-15-3-4-20-13-16-30-17-14-20)32-27(33)24-10-9-22-5-1-2-6-23(22)19-24/h1-2,5-14,16-17,19,26H,3-4,15,18H2,(H,31,34)(H,32,33)/t26-/m0/s1. The summed E-state index contributed by atoms with van der Waals surface area (Å²) in [5, 5.41) is 8.56. The van der Waals surface area contributed by atoms with Gasteiger partial charge in [0.1, 0.15) is 6.04 Å². The average Bonchev–Trinajstić information content (AvgIpc) is 2.87. The third-order valence-corrected chi connectivity index (χ3v) is 5.93. The van der Waals surface area contributed by atoms with Crippen molar-refractivity contribution in [2.45, 2.75) is 25.3 Å². The fourth-order valence-corrected chi connectivity index (χ4v) is 3.94. The van der Waals surface area contributed by atoms with Gasteiger partial charge >= 0.3 is 0 Å². The largest absolute Gasteiger partial charge is 0.354 e. The summed E-state index contributed by atoms with van der Waals surface area (Å²) in [6.07, 6.45) is 5.53. The molecule has 0 unspecified atom stereocenters. The maximum atomic E-state index is 13.0. The van der Waals surface area contributed by atoms with E-state index in [-0.39, 0.29) is 11.8 Å². The van der Waals surface area contributed by atoms with Gasteiger partial charge < -0.3 is 10.6 Å². The van der Waals surface area contributed by atoms with E-state index in [1.165, 1.54) is 5.56 Å². The molecule has 1 aromatic heterocycles. The Bertz CT molecular complexity index is 1260. The molecular weight excluding hydrogens is 446 g/mol. The molecule has 0 saturated carbocycles. The molecule has 6 heteroatoms. The molecule has 0 spiro atoms. The lowest BCUT2D eigenvalue weighted by Crippen LogP contribution is -2.48. The first kappa shape index (κ1) is 23.5. The van der Waals surface area contributed by atoms with Crippen molar-refractivity contribution in [2.75, 3.05) is 6.54 Å². The summed E-state index contributed by atoms with van der Waals surface area (Å²) in [6, 6.07) is 23.9. The van der Waals surface area contributed by atoms with Gasteiger partial charge in [-0.15, -0.1) is 0 Å². The maximum absolute atomic E-state index is 13.0. The van der Waals surface area contributed by atoms with E-state index in [4.69, 9.17) is 11.6 Å². The van der Waals surface area contributed by atoms with Gasteiger partial charge in [0, 0.05) is 35.9 Å². The third-order valence-electron chi connectivity index (χ3n) is 5.68. The van der Waals surface area contributed by atoms with Crippen molar-refractivity contribution in [1.82, 2.24) is 15.6 Å². The maximum Gasteiger partial charge on any atom is 0.251 e. The first-order valence-corrected chi connectivity index (χ1v) is 11.7. The number of amides is 2. The summed E-state index contributed by atoms with van der Waals surface area (Å²) in [5.74, 6) is -0.490. The summed E-state index contributed by atoms with van der Waals surface area (Å²) in [6.45, 7) is 0.518. The molecule has 1 heterocycles. The minimum Gasteiger partial charge on any atom is -0.354 e. The van der Waals surface area contributed by atoms with Crippen molar-refractivity contribution in [3.8, 4) is 0 Å². The van der Waals surface area contributed by atoms with Crippen LogP contribution in [0.2, 0.25) is 5.02 Å². The first-order valence-electron chi connectivity index (χ1n) is 11.3. The van der Waals surface area contributed by atoms with Gasteiger partial charge in [0.2, 0.25) is 5.91 Å². The number of rotatable bonds is 9. The van der Waals surface area contributed by atoms with Crippen LogP contribution in [-0.2, 0) is 17.6 Å². The predicted molar refractivity (Wildman–Crippen MR) is 136 cm³/mol. The highest BCUT2D eigenvalue weighted by molar-refractivity contribution is 6.30. The van der Waals surface area contributed by atoms with Crippen molar-refractivity contribution < 1.29 is 9.59 Å². The van der Waals surface area contributed by atoms with Gasteiger partial charge in [0.15, 0.2) is 0 Å². The first-order chi connectivity index (χ1) is 16.6. The van der Waals surface area contributed by atoms with Crippen LogP contribution in [0.15, 0.2) is 91.3 Å². The minimum absolute atomic E-state index is 0.209. The average molecular weight is 472 g/mol. The van der Waals surface area contributed by atoms with Crippen molar-refractivity contribution in [1.29, 1.82) is 0 Å². The van der Waals surface area contributed by atoms with E-state index in [1.807, 2.05) is 60.7 Å². The number of hydrogen-bond acceptors (Lipinski definition) is 3. The van der Waals surface area contributed by atoms with E-state index in [2.05, 4.69) is 15.6 Å². The Morgan fingerprint density at radius 3 is 2.35 bits per heavy atom. The molecular formula is C28H26ClN3O2. The summed E-state index contributed by atoms with van der Waals surface area (Å²) >= 11 is 6.00. The van der Waals surface area contributed by atoms with Crippen LogP contribution in [-0.4, -0.2) is 29.4 Å². The second-order valence-corrected chi connectivity index (χ2v) is 8.61. The van der Waals surface area contributed by atoms with Crippen LogP contribution in [0.3, 0.4) is 0 Å². The van der Waals surface area contributed by atoms with E-state index < -0.39 is 6.04 Å². The number of carbonyl (C=O) groups is 2. The molecule has 0 aliphatic rings. The zero-order valence-corrected chi connectivity index (χ0v) is 19.5. The summed E-state index contributed by atoms with van der Waals surface area (Å²) in [7, 11) is 0. The highest BCUT2D eigenvalue weighted by atomic mass is 35.5. The van der Waals surface area contributed by atoms with Crippen LogP contribution in [0, 0.1) is 0 Å².